The number of benzene rings is 2. The van der Waals surface area contributed by atoms with Gasteiger partial charge in [-0.1, -0.05) is 12.1 Å². The van der Waals surface area contributed by atoms with Crippen LogP contribution in [-0.4, -0.2) is 61.2 Å². The molecule has 0 unspecified atom stereocenters. The van der Waals surface area contributed by atoms with Crippen molar-refractivity contribution in [1.29, 1.82) is 0 Å². The third-order valence-corrected chi connectivity index (χ3v) is 5.61. The predicted octanol–water partition coefficient (Wildman–Crippen LogP) is 3.48. The zero-order valence-corrected chi connectivity index (χ0v) is 16.9. The van der Waals surface area contributed by atoms with Crippen LogP contribution in [0, 0.1) is 11.6 Å². The molecule has 0 N–H and O–H groups in total. The molecule has 2 aromatic carbocycles. The molecule has 0 bridgehead atoms. The highest BCUT2D eigenvalue weighted by atomic mass is 19.2. The summed E-state index contributed by atoms with van der Waals surface area (Å²) in [5, 5.41) is 0. The van der Waals surface area contributed by atoms with E-state index in [2.05, 4.69) is 4.90 Å². The summed E-state index contributed by atoms with van der Waals surface area (Å²) < 4.78 is 37.9. The lowest BCUT2D eigenvalue weighted by atomic mass is 10.1. The van der Waals surface area contributed by atoms with Crippen molar-refractivity contribution in [1.82, 2.24) is 9.80 Å². The first kappa shape index (κ1) is 20.8. The highest BCUT2D eigenvalue weighted by Crippen LogP contribution is 2.22. The van der Waals surface area contributed by atoms with E-state index in [0.29, 0.717) is 44.2 Å². The van der Waals surface area contributed by atoms with Crippen molar-refractivity contribution < 1.29 is 23.0 Å². The van der Waals surface area contributed by atoms with Gasteiger partial charge < -0.3 is 14.4 Å². The van der Waals surface area contributed by atoms with Gasteiger partial charge in [0.25, 0.3) is 5.91 Å². The van der Waals surface area contributed by atoms with Gasteiger partial charge in [-0.15, -0.1) is 0 Å². The maximum Gasteiger partial charge on any atom is 0.254 e. The second-order valence-corrected chi connectivity index (χ2v) is 7.77. The Labute approximate surface area is 175 Å². The topological polar surface area (TPSA) is 42.0 Å². The van der Waals surface area contributed by atoms with Gasteiger partial charge in [-0.3, -0.25) is 9.69 Å². The zero-order chi connectivity index (χ0) is 20.9. The van der Waals surface area contributed by atoms with E-state index >= 15 is 0 Å². The third-order valence-electron chi connectivity index (χ3n) is 5.61. The van der Waals surface area contributed by atoms with Gasteiger partial charge in [0.15, 0.2) is 11.6 Å². The summed E-state index contributed by atoms with van der Waals surface area (Å²) >= 11 is 0. The Kier molecular flexibility index (Phi) is 6.59. The molecule has 2 fully saturated rings. The van der Waals surface area contributed by atoms with Crippen molar-refractivity contribution in [3.8, 4) is 5.75 Å². The molecule has 5 nitrogen and oxygen atoms in total. The second kappa shape index (κ2) is 9.53. The van der Waals surface area contributed by atoms with E-state index < -0.39 is 11.6 Å². The fourth-order valence-electron chi connectivity index (χ4n) is 3.93. The van der Waals surface area contributed by atoms with Gasteiger partial charge in [-0.05, 0) is 48.7 Å². The van der Waals surface area contributed by atoms with Gasteiger partial charge in [0.1, 0.15) is 11.9 Å². The van der Waals surface area contributed by atoms with Crippen molar-refractivity contribution in [3.05, 3.63) is 65.2 Å². The molecule has 7 heteroatoms. The number of hydrogen-bond donors (Lipinski definition) is 0. The molecule has 2 aliphatic rings. The number of morpholine rings is 1. The van der Waals surface area contributed by atoms with Crippen molar-refractivity contribution in [3.63, 3.8) is 0 Å². The van der Waals surface area contributed by atoms with Crippen molar-refractivity contribution in [2.45, 2.75) is 25.5 Å². The molecule has 0 radical (unpaired) electrons. The fraction of sp³-hybridized carbons (Fsp3) is 0.435. The maximum atomic E-state index is 13.4. The Bertz CT molecular complexity index is 879. The molecule has 0 aromatic heterocycles. The number of carbonyl (C=O) groups excluding carboxylic acids is 1. The number of rotatable bonds is 5. The molecular formula is C23H26F2N2O3. The first-order chi connectivity index (χ1) is 14.6. The van der Waals surface area contributed by atoms with E-state index in [-0.39, 0.29) is 12.0 Å². The van der Waals surface area contributed by atoms with Gasteiger partial charge in [-0.25, -0.2) is 8.78 Å². The van der Waals surface area contributed by atoms with Crippen LogP contribution in [0.4, 0.5) is 8.78 Å². The lowest BCUT2D eigenvalue weighted by Crippen LogP contribution is -2.40. The van der Waals surface area contributed by atoms with Gasteiger partial charge in [0.05, 0.1) is 13.2 Å². The van der Waals surface area contributed by atoms with Crippen molar-refractivity contribution >= 4 is 5.91 Å². The van der Waals surface area contributed by atoms with Crippen molar-refractivity contribution in [2.75, 3.05) is 39.4 Å². The van der Waals surface area contributed by atoms with E-state index in [0.717, 1.165) is 31.5 Å². The van der Waals surface area contributed by atoms with Crippen LogP contribution < -0.4 is 4.74 Å². The highest BCUT2D eigenvalue weighted by Gasteiger charge is 2.22. The number of amides is 1. The Balaban J connectivity index is 1.29. The Morgan fingerprint density at radius 3 is 2.50 bits per heavy atom. The Hall–Kier alpha value is -2.51. The summed E-state index contributed by atoms with van der Waals surface area (Å²) in [6.07, 6.45) is 1.75. The number of piperidine rings is 1. The third kappa shape index (κ3) is 5.15. The van der Waals surface area contributed by atoms with Crippen LogP contribution in [0.2, 0.25) is 0 Å². The van der Waals surface area contributed by atoms with E-state index in [9.17, 15) is 13.6 Å². The maximum absolute atomic E-state index is 13.4. The summed E-state index contributed by atoms with van der Waals surface area (Å²) in [6, 6.07) is 11.4. The van der Waals surface area contributed by atoms with Crippen LogP contribution in [0.5, 0.6) is 5.75 Å². The molecule has 2 aliphatic heterocycles. The van der Waals surface area contributed by atoms with Gasteiger partial charge in [0, 0.05) is 38.3 Å². The number of likely N-dealkylation sites (tertiary alicyclic amines) is 1. The largest absolute Gasteiger partial charge is 0.490 e. The summed E-state index contributed by atoms with van der Waals surface area (Å²) in [6.45, 7) is 4.59. The fourth-order valence-corrected chi connectivity index (χ4v) is 3.93. The molecule has 1 amide bonds. The van der Waals surface area contributed by atoms with E-state index in [1.165, 1.54) is 12.1 Å². The van der Waals surface area contributed by atoms with E-state index in [1.54, 1.807) is 11.0 Å². The molecule has 160 valence electrons. The molecule has 30 heavy (non-hydrogen) atoms. The normalized spacial score (nSPS) is 18.4. The molecule has 2 aromatic rings. The summed E-state index contributed by atoms with van der Waals surface area (Å²) in [5.74, 6) is -0.921. The number of ether oxygens (including phenoxy) is 2. The number of carbonyl (C=O) groups is 1. The second-order valence-electron chi connectivity index (χ2n) is 7.77. The molecular weight excluding hydrogens is 390 g/mol. The van der Waals surface area contributed by atoms with Crippen LogP contribution in [0.25, 0.3) is 0 Å². The van der Waals surface area contributed by atoms with Crippen molar-refractivity contribution in [2.24, 2.45) is 0 Å². The molecule has 0 atom stereocenters. The minimum atomic E-state index is -0.819. The van der Waals surface area contributed by atoms with Gasteiger partial charge in [-0.2, -0.15) is 0 Å². The minimum Gasteiger partial charge on any atom is -0.490 e. The monoisotopic (exact) mass is 416 g/mol. The SMILES string of the molecule is O=C(c1cccc(OC2CCN(Cc3ccc(F)c(F)c3)CC2)c1)N1CCOCC1. The summed E-state index contributed by atoms with van der Waals surface area (Å²) in [4.78, 5) is 16.7. The molecule has 4 rings (SSSR count). The zero-order valence-electron chi connectivity index (χ0n) is 16.9. The molecule has 2 heterocycles. The lowest BCUT2D eigenvalue weighted by Gasteiger charge is -2.32. The quantitative estimate of drug-likeness (QED) is 0.749. The molecule has 2 saturated heterocycles. The molecule has 0 spiro atoms. The predicted molar refractivity (Wildman–Crippen MR) is 108 cm³/mol. The van der Waals surface area contributed by atoms with Crippen LogP contribution in [0.1, 0.15) is 28.8 Å². The standard InChI is InChI=1S/C23H26F2N2O3/c24-21-5-4-17(14-22(21)25)16-26-8-6-19(7-9-26)30-20-3-1-2-18(15-20)23(28)27-10-12-29-13-11-27/h1-5,14-15,19H,6-13,16H2. The van der Waals surface area contributed by atoms with Gasteiger partial charge in [0.2, 0.25) is 0 Å². The lowest BCUT2D eigenvalue weighted by molar-refractivity contribution is 0.0302. The number of hydrogen-bond acceptors (Lipinski definition) is 4. The Morgan fingerprint density at radius 2 is 1.77 bits per heavy atom. The van der Waals surface area contributed by atoms with Crippen LogP contribution >= 0.6 is 0 Å². The van der Waals surface area contributed by atoms with Crippen LogP contribution in [0.15, 0.2) is 42.5 Å². The summed E-state index contributed by atoms with van der Waals surface area (Å²) in [7, 11) is 0. The summed E-state index contributed by atoms with van der Waals surface area (Å²) in [5.41, 5.74) is 1.40. The smallest absolute Gasteiger partial charge is 0.254 e. The molecule has 0 saturated carbocycles. The number of halogens is 2. The van der Waals surface area contributed by atoms with E-state index in [4.69, 9.17) is 9.47 Å². The molecule has 0 aliphatic carbocycles. The highest BCUT2D eigenvalue weighted by molar-refractivity contribution is 5.94. The average Bonchev–Trinajstić information content (AvgIpc) is 2.78. The van der Waals surface area contributed by atoms with Crippen LogP contribution in [0.3, 0.4) is 0 Å². The minimum absolute atomic E-state index is 0.00472. The van der Waals surface area contributed by atoms with Gasteiger partial charge >= 0.3 is 0 Å². The first-order valence-corrected chi connectivity index (χ1v) is 10.4. The average molecular weight is 416 g/mol. The van der Waals surface area contributed by atoms with E-state index in [1.807, 2.05) is 24.3 Å². The Morgan fingerprint density at radius 1 is 1.00 bits per heavy atom. The van der Waals surface area contributed by atoms with Crippen LogP contribution in [-0.2, 0) is 11.3 Å². The first-order valence-electron chi connectivity index (χ1n) is 10.4. The number of nitrogens with zero attached hydrogens (tertiary/aromatic N) is 2.